The third-order valence-electron chi connectivity index (χ3n) is 4.89. The van der Waals surface area contributed by atoms with Gasteiger partial charge in [-0.1, -0.05) is 20.8 Å². The molecule has 22 heavy (non-hydrogen) atoms. The minimum Gasteiger partial charge on any atom is -0.353 e. The van der Waals surface area contributed by atoms with Gasteiger partial charge < -0.3 is 15.5 Å². The summed E-state index contributed by atoms with van der Waals surface area (Å²) in [6, 6.07) is -0.300. The third kappa shape index (κ3) is 4.59. The highest BCUT2D eigenvalue weighted by atomic mass is 35.5. The predicted octanol–water partition coefficient (Wildman–Crippen LogP) is 1.42. The van der Waals surface area contributed by atoms with E-state index in [9.17, 15) is 9.59 Å². The summed E-state index contributed by atoms with van der Waals surface area (Å²) in [5.41, 5.74) is 0. The Balaban J connectivity index is 0.00000242. The van der Waals surface area contributed by atoms with Gasteiger partial charge in [0, 0.05) is 19.5 Å². The van der Waals surface area contributed by atoms with Gasteiger partial charge in [-0.3, -0.25) is 9.59 Å². The molecule has 2 rings (SSSR count). The van der Waals surface area contributed by atoms with Crippen molar-refractivity contribution in [2.75, 3.05) is 26.2 Å². The molecule has 2 fully saturated rings. The maximum absolute atomic E-state index is 12.6. The Bertz CT molecular complexity index is 384. The molecule has 2 aliphatic rings. The van der Waals surface area contributed by atoms with Crippen LogP contribution in [0.15, 0.2) is 0 Å². The van der Waals surface area contributed by atoms with Gasteiger partial charge in [-0.05, 0) is 43.7 Å². The number of carbonyl (C=O) groups excluding carboxylic acids is 2. The fourth-order valence-corrected chi connectivity index (χ4v) is 3.60. The van der Waals surface area contributed by atoms with E-state index in [1.165, 1.54) is 0 Å². The SMILES string of the molecule is CC(C)C1C(=O)NCCN1C(=O)CC(C)C1CCNCC1.Cl. The van der Waals surface area contributed by atoms with Crippen LogP contribution in [0.2, 0.25) is 0 Å². The van der Waals surface area contributed by atoms with Gasteiger partial charge in [0.2, 0.25) is 11.8 Å². The van der Waals surface area contributed by atoms with Crippen LogP contribution in [0, 0.1) is 17.8 Å². The second-order valence-corrected chi connectivity index (χ2v) is 6.84. The van der Waals surface area contributed by atoms with Crippen molar-refractivity contribution < 1.29 is 9.59 Å². The van der Waals surface area contributed by atoms with Crippen molar-refractivity contribution >= 4 is 24.2 Å². The van der Waals surface area contributed by atoms with Crippen LogP contribution in [0.5, 0.6) is 0 Å². The lowest BCUT2D eigenvalue weighted by Crippen LogP contribution is -2.59. The summed E-state index contributed by atoms with van der Waals surface area (Å²) in [4.78, 5) is 26.5. The lowest BCUT2D eigenvalue weighted by molar-refractivity contribution is -0.146. The number of piperazine rings is 1. The lowest BCUT2D eigenvalue weighted by atomic mass is 9.83. The Hall–Kier alpha value is -0.810. The molecule has 5 nitrogen and oxygen atoms in total. The van der Waals surface area contributed by atoms with Crippen molar-refractivity contribution in [1.29, 1.82) is 0 Å². The van der Waals surface area contributed by atoms with Crippen LogP contribution in [0.3, 0.4) is 0 Å². The Kier molecular flexibility index (Phi) is 7.63. The van der Waals surface area contributed by atoms with Crippen LogP contribution < -0.4 is 10.6 Å². The number of nitrogens with zero attached hydrogens (tertiary/aromatic N) is 1. The van der Waals surface area contributed by atoms with E-state index in [0.717, 1.165) is 25.9 Å². The quantitative estimate of drug-likeness (QED) is 0.819. The fraction of sp³-hybridized carbons (Fsp3) is 0.875. The van der Waals surface area contributed by atoms with E-state index in [4.69, 9.17) is 0 Å². The minimum atomic E-state index is -0.300. The number of halogens is 1. The lowest BCUT2D eigenvalue weighted by Gasteiger charge is -2.38. The van der Waals surface area contributed by atoms with Gasteiger partial charge in [-0.25, -0.2) is 0 Å². The van der Waals surface area contributed by atoms with Crippen molar-refractivity contribution in [2.24, 2.45) is 17.8 Å². The number of carbonyl (C=O) groups is 2. The number of hydrogen-bond donors (Lipinski definition) is 2. The Morgan fingerprint density at radius 2 is 1.86 bits per heavy atom. The summed E-state index contributed by atoms with van der Waals surface area (Å²) in [5.74, 6) is 1.33. The molecule has 2 heterocycles. The summed E-state index contributed by atoms with van der Waals surface area (Å²) in [5, 5.41) is 6.24. The van der Waals surface area contributed by atoms with Crippen molar-refractivity contribution in [3.8, 4) is 0 Å². The van der Waals surface area contributed by atoms with Gasteiger partial charge in [0.25, 0.3) is 0 Å². The van der Waals surface area contributed by atoms with Crippen LogP contribution in [-0.2, 0) is 9.59 Å². The first kappa shape index (κ1) is 19.2. The number of amides is 2. The van der Waals surface area contributed by atoms with Crippen molar-refractivity contribution in [3.05, 3.63) is 0 Å². The molecule has 2 unspecified atom stereocenters. The minimum absolute atomic E-state index is 0. The molecule has 0 spiro atoms. The molecule has 0 radical (unpaired) electrons. The molecule has 2 atom stereocenters. The van der Waals surface area contributed by atoms with Gasteiger partial charge in [0.05, 0.1) is 0 Å². The number of nitrogens with one attached hydrogen (secondary N) is 2. The number of rotatable bonds is 4. The van der Waals surface area contributed by atoms with Gasteiger partial charge in [0.15, 0.2) is 0 Å². The smallest absolute Gasteiger partial charge is 0.243 e. The molecule has 128 valence electrons. The van der Waals surface area contributed by atoms with E-state index in [-0.39, 0.29) is 36.2 Å². The fourth-order valence-electron chi connectivity index (χ4n) is 3.60. The average Bonchev–Trinajstić information content (AvgIpc) is 2.47. The number of piperidine rings is 1. The predicted molar refractivity (Wildman–Crippen MR) is 90.0 cm³/mol. The molecule has 0 aliphatic carbocycles. The highest BCUT2D eigenvalue weighted by Crippen LogP contribution is 2.26. The van der Waals surface area contributed by atoms with Gasteiger partial charge in [-0.15, -0.1) is 12.4 Å². The van der Waals surface area contributed by atoms with E-state index in [1.54, 1.807) is 4.90 Å². The summed E-state index contributed by atoms with van der Waals surface area (Å²) >= 11 is 0. The van der Waals surface area contributed by atoms with Crippen LogP contribution in [0.4, 0.5) is 0 Å². The summed E-state index contributed by atoms with van der Waals surface area (Å²) in [7, 11) is 0. The highest BCUT2D eigenvalue weighted by Gasteiger charge is 2.36. The Morgan fingerprint density at radius 1 is 1.23 bits per heavy atom. The molecule has 0 saturated carbocycles. The molecular weight excluding hydrogens is 302 g/mol. The van der Waals surface area contributed by atoms with Crippen molar-refractivity contribution in [1.82, 2.24) is 15.5 Å². The van der Waals surface area contributed by atoms with E-state index in [2.05, 4.69) is 17.6 Å². The molecule has 6 heteroatoms. The Labute approximate surface area is 140 Å². The first-order valence-electron chi connectivity index (χ1n) is 8.28. The standard InChI is InChI=1S/C16H29N3O2.ClH/c1-11(2)15-16(21)18-8-9-19(15)14(20)10-12(3)13-4-6-17-7-5-13;/h11-13,15,17H,4-10H2,1-3H3,(H,18,21);1H. The Morgan fingerprint density at radius 3 is 2.45 bits per heavy atom. The molecule has 0 bridgehead atoms. The maximum atomic E-state index is 12.6. The van der Waals surface area contributed by atoms with Gasteiger partial charge in [-0.2, -0.15) is 0 Å². The van der Waals surface area contributed by atoms with Crippen LogP contribution >= 0.6 is 12.4 Å². The van der Waals surface area contributed by atoms with E-state index >= 15 is 0 Å². The summed E-state index contributed by atoms with van der Waals surface area (Å²) < 4.78 is 0. The van der Waals surface area contributed by atoms with Crippen molar-refractivity contribution in [3.63, 3.8) is 0 Å². The van der Waals surface area contributed by atoms with Crippen molar-refractivity contribution in [2.45, 2.75) is 46.1 Å². The van der Waals surface area contributed by atoms with Crippen LogP contribution in [0.1, 0.15) is 40.0 Å². The number of hydrogen-bond acceptors (Lipinski definition) is 3. The van der Waals surface area contributed by atoms with E-state index in [1.807, 2.05) is 13.8 Å². The summed E-state index contributed by atoms with van der Waals surface area (Å²) in [6.07, 6.45) is 2.88. The highest BCUT2D eigenvalue weighted by molar-refractivity contribution is 5.89. The average molecular weight is 332 g/mol. The zero-order chi connectivity index (χ0) is 15.4. The zero-order valence-electron chi connectivity index (χ0n) is 13.9. The third-order valence-corrected chi connectivity index (χ3v) is 4.89. The van der Waals surface area contributed by atoms with Crippen LogP contribution in [0.25, 0.3) is 0 Å². The van der Waals surface area contributed by atoms with Gasteiger partial charge in [0.1, 0.15) is 6.04 Å². The second kappa shape index (κ2) is 8.73. The molecule has 0 aromatic heterocycles. The molecule has 0 aromatic rings. The maximum Gasteiger partial charge on any atom is 0.243 e. The molecular formula is C16H30ClN3O2. The van der Waals surface area contributed by atoms with Gasteiger partial charge >= 0.3 is 0 Å². The monoisotopic (exact) mass is 331 g/mol. The molecule has 2 aliphatic heterocycles. The molecule has 0 aromatic carbocycles. The first-order chi connectivity index (χ1) is 10.0. The molecule has 2 saturated heterocycles. The molecule has 2 N–H and O–H groups in total. The van der Waals surface area contributed by atoms with Crippen LogP contribution in [-0.4, -0.2) is 48.9 Å². The van der Waals surface area contributed by atoms with E-state index in [0.29, 0.717) is 31.3 Å². The largest absolute Gasteiger partial charge is 0.353 e. The zero-order valence-corrected chi connectivity index (χ0v) is 14.7. The second-order valence-electron chi connectivity index (χ2n) is 6.84. The summed E-state index contributed by atoms with van der Waals surface area (Å²) in [6.45, 7) is 9.54. The first-order valence-corrected chi connectivity index (χ1v) is 8.28. The topological polar surface area (TPSA) is 61.4 Å². The van der Waals surface area contributed by atoms with E-state index < -0.39 is 0 Å². The molecule has 2 amide bonds. The normalized spacial score (nSPS) is 24.6.